The molecule has 1 aliphatic rings. The number of rotatable bonds is 5. The van der Waals surface area contributed by atoms with Gasteiger partial charge in [-0.1, -0.05) is 29.8 Å². The lowest BCUT2D eigenvalue weighted by Gasteiger charge is -2.28. The van der Waals surface area contributed by atoms with Crippen LogP contribution in [0.5, 0.6) is 0 Å². The van der Waals surface area contributed by atoms with Gasteiger partial charge in [-0.25, -0.2) is 0 Å². The van der Waals surface area contributed by atoms with E-state index in [2.05, 4.69) is 5.32 Å². The molecule has 0 aliphatic carbocycles. The van der Waals surface area contributed by atoms with Crippen LogP contribution in [0.4, 0.5) is 5.69 Å². The fourth-order valence-electron chi connectivity index (χ4n) is 2.76. The molecular formula is C20H18ClN3O5. The first-order valence-corrected chi connectivity index (χ1v) is 9.22. The van der Waals surface area contributed by atoms with E-state index in [0.717, 1.165) is 0 Å². The number of benzene rings is 2. The number of nitro benzene ring substituents is 1. The summed E-state index contributed by atoms with van der Waals surface area (Å²) >= 11 is 6.19. The second-order valence-corrected chi connectivity index (χ2v) is 6.65. The number of nitrogens with one attached hydrogen (secondary N) is 1. The Bertz CT molecular complexity index is 953. The van der Waals surface area contributed by atoms with Crippen LogP contribution in [0.2, 0.25) is 5.02 Å². The number of carbonyl (C=O) groups is 2. The van der Waals surface area contributed by atoms with Gasteiger partial charge in [-0.3, -0.25) is 19.7 Å². The first kappa shape index (κ1) is 20.5. The van der Waals surface area contributed by atoms with Crippen molar-refractivity contribution in [3.05, 3.63) is 80.5 Å². The Kier molecular flexibility index (Phi) is 6.58. The number of amides is 2. The van der Waals surface area contributed by atoms with Gasteiger partial charge >= 0.3 is 0 Å². The molecule has 2 aromatic carbocycles. The molecule has 2 aromatic rings. The van der Waals surface area contributed by atoms with Gasteiger partial charge < -0.3 is 15.0 Å². The van der Waals surface area contributed by atoms with Crippen LogP contribution in [0.15, 0.2) is 54.2 Å². The molecule has 0 bridgehead atoms. The topological polar surface area (TPSA) is 102 Å². The highest BCUT2D eigenvalue weighted by molar-refractivity contribution is 6.32. The number of nitrogens with zero attached hydrogens (tertiary/aromatic N) is 2. The maximum atomic E-state index is 13.0. The number of carbonyl (C=O) groups excluding carboxylic acids is 2. The molecule has 0 unspecified atom stereocenters. The smallest absolute Gasteiger partial charge is 0.270 e. The number of morpholine rings is 1. The number of hydrogen-bond acceptors (Lipinski definition) is 5. The fraction of sp³-hybridized carbons (Fsp3) is 0.200. The summed E-state index contributed by atoms with van der Waals surface area (Å²) in [6.45, 7) is 1.65. The molecule has 0 saturated carbocycles. The van der Waals surface area contributed by atoms with Crippen molar-refractivity contribution < 1.29 is 19.2 Å². The summed E-state index contributed by atoms with van der Waals surface area (Å²) < 4.78 is 5.27. The molecule has 8 nitrogen and oxygen atoms in total. The summed E-state index contributed by atoms with van der Waals surface area (Å²) in [6.07, 6.45) is 1.52. The summed E-state index contributed by atoms with van der Waals surface area (Å²) in [7, 11) is 0. The molecule has 3 rings (SSSR count). The quantitative estimate of drug-likeness (QED) is 0.459. The standard InChI is InChI=1S/C20H18ClN3O5/c21-17-4-2-1-3-15(17)13-18(20(26)23-9-11-29-12-10-23)22-19(25)14-5-7-16(8-6-14)24(27)28/h1-8,13H,9-12H2,(H,22,25)/b18-13+. The fourth-order valence-corrected chi connectivity index (χ4v) is 2.96. The Hall–Kier alpha value is -3.23. The van der Waals surface area contributed by atoms with Crippen LogP contribution >= 0.6 is 11.6 Å². The van der Waals surface area contributed by atoms with Gasteiger partial charge in [0.05, 0.1) is 18.1 Å². The second kappa shape index (κ2) is 9.31. The minimum Gasteiger partial charge on any atom is -0.378 e. The molecule has 150 valence electrons. The molecular weight excluding hydrogens is 398 g/mol. The average molecular weight is 416 g/mol. The van der Waals surface area contributed by atoms with E-state index in [1.165, 1.54) is 30.3 Å². The third kappa shape index (κ3) is 5.18. The van der Waals surface area contributed by atoms with Crippen molar-refractivity contribution in [2.24, 2.45) is 0 Å². The van der Waals surface area contributed by atoms with Crippen LogP contribution < -0.4 is 5.32 Å². The Morgan fingerprint density at radius 2 is 1.76 bits per heavy atom. The summed E-state index contributed by atoms with van der Waals surface area (Å²) in [5, 5.41) is 13.8. The molecule has 9 heteroatoms. The zero-order chi connectivity index (χ0) is 20.8. The van der Waals surface area contributed by atoms with Gasteiger partial charge in [-0.2, -0.15) is 0 Å². The third-order valence-corrected chi connectivity index (χ3v) is 4.67. The maximum absolute atomic E-state index is 13.0. The van der Waals surface area contributed by atoms with E-state index in [4.69, 9.17) is 16.3 Å². The van der Waals surface area contributed by atoms with Crippen molar-refractivity contribution in [1.29, 1.82) is 0 Å². The molecule has 0 radical (unpaired) electrons. The SMILES string of the molecule is O=C(N/C(=C/c1ccccc1Cl)C(=O)N1CCOCC1)c1ccc([N+](=O)[O-])cc1. The van der Waals surface area contributed by atoms with E-state index in [9.17, 15) is 19.7 Å². The number of nitro groups is 1. The van der Waals surface area contributed by atoms with Crippen LogP contribution in [0, 0.1) is 10.1 Å². The van der Waals surface area contributed by atoms with E-state index < -0.39 is 10.8 Å². The van der Waals surface area contributed by atoms with Crippen molar-refractivity contribution in [3.63, 3.8) is 0 Å². The van der Waals surface area contributed by atoms with Gasteiger partial charge in [0.1, 0.15) is 5.70 Å². The predicted molar refractivity (Wildman–Crippen MR) is 107 cm³/mol. The summed E-state index contributed by atoms with van der Waals surface area (Å²) in [5.41, 5.74) is 0.700. The van der Waals surface area contributed by atoms with Crippen molar-refractivity contribution in [2.75, 3.05) is 26.3 Å². The molecule has 1 saturated heterocycles. The molecule has 29 heavy (non-hydrogen) atoms. The summed E-state index contributed by atoms with van der Waals surface area (Å²) in [5.74, 6) is -0.914. The minimum absolute atomic E-state index is 0.0587. The number of non-ortho nitro benzene ring substituents is 1. The van der Waals surface area contributed by atoms with Gasteiger partial charge in [0, 0.05) is 35.8 Å². The Morgan fingerprint density at radius 1 is 1.10 bits per heavy atom. The van der Waals surface area contributed by atoms with Gasteiger partial charge in [0.15, 0.2) is 0 Å². The van der Waals surface area contributed by atoms with Crippen LogP contribution in [-0.2, 0) is 9.53 Å². The molecule has 1 fully saturated rings. The van der Waals surface area contributed by atoms with Crippen LogP contribution in [0.3, 0.4) is 0 Å². The maximum Gasteiger partial charge on any atom is 0.270 e. The van der Waals surface area contributed by atoms with Crippen LogP contribution in [-0.4, -0.2) is 47.9 Å². The molecule has 0 atom stereocenters. The van der Waals surface area contributed by atoms with E-state index in [1.54, 1.807) is 29.2 Å². The highest BCUT2D eigenvalue weighted by Crippen LogP contribution is 2.19. The Morgan fingerprint density at radius 3 is 2.38 bits per heavy atom. The monoisotopic (exact) mass is 415 g/mol. The largest absolute Gasteiger partial charge is 0.378 e. The van der Waals surface area contributed by atoms with Gasteiger partial charge in [-0.15, -0.1) is 0 Å². The molecule has 0 spiro atoms. The zero-order valence-electron chi connectivity index (χ0n) is 15.3. The Labute approximate surface area is 171 Å². The normalized spacial score (nSPS) is 14.4. The van der Waals surface area contributed by atoms with Gasteiger partial charge in [-0.05, 0) is 29.8 Å². The van der Waals surface area contributed by atoms with Crippen molar-refractivity contribution >= 4 is 35.2 Å². The van der Waals surface area contributed by atoms with Crippen molar-refractivity contribution in [3.8, 4) is 0 Å². The highest BCUT2D eigenvalue weighted by atomic mass is 35.5. The number of ether oxygens (including phenoxy) is 1. The molecule has 2 amide bonds. The van der Waals surface area contributed by atoms with E-state index in [0.29, 0.717) is 36.9 Å². The van der Waals surface area contributed by atoms with Crippen molar-refractivity contribution in [1.82, 2.24) is 10.2 Å². The van der Waals surface area contributed by atoms with Gasteiger partial charge in [0.2, 0.25) is 0 Å². The predicted octanol–water partition coefficient (Wildman–Crippen LogP) is 2.88. The molecule has 1 N–H and O–H groups in total. The minimum atomic E-state index is -0.556. The van der Waals surface area contributed by atoms with Crippen LogP contribution in [0.1, 0.15) is 15.9 Å². The lowest BCUT2D eigenvalue weighted by atomic mass is 10.1. The van der Waals surface area contributed by atoms with Crippen molar-refractivity contribution in [2.45, 2.75) is 0 Å². The van der Waals surface area contributed by atoms with Gasteiger partial charge in [0.25, 0.3) is 17.5 Å². The third-order valence-electron chi connectivity index (χ3n) is 4.32. The number of hydrogen-bond donors (Lipinski definition) is 1. The summed E-state index contributed by atoms with van der Waals surface area (Å²) in [4.78, 5) is 37.4. The molecule has 1 aliphatic heterocycles. The molecule has 1 heterocycles. The number of halogens is 1. The zero-order valence-corrected chi connectivity index (χ0v) is 16.1. The molecule has 0 aromatic heterocycles. The second-order valence-electron chi connectivity index (χ2n) is 6.24. The highest BCUT2D eigenvalue weighted by Gasteiger charge is 2.23. The van der Waals surface area contributed by atoms with E-state index in [1.807, 2.05) is 0 Å². The lowest BCUT2D eigenvalue weighted by Crippen LogP contribution is -2.44. The van der Waals surface area contributed by atoms with E-state index in [-0.39, 0.29) is 22.9 Å². The average Bonchev–Trinajstić information content (AvgIpc) is 2.75. The first-order chi connectivity index (χ1) is 14.0. The lowest BCUT2D eigenvalue weighted by molar-refractivity contribution is -0.384. The summed E-state index contributed by atoms with van der Waals surface area (Å²) in [6, 6.07) is 12.1. The Balaban J connectivity index is 1.88. The van der Waals surface area contributed by atoms with Crippen LogP contribution in [0.25, 0.3) is 6.08 Å². The van der Waals surface area contributed by atoms with E-state index >= 15 is 0 Å². The first-order valence-electron chi connectivity index (χ1n) is 8.85.